The molecule has 0 aliphatic carbocycles. The third-order valence-corrected chi connectivity index (χ3v) is 4.46. The summed E-state index contributed by atoms with van der Waals surface area (Å²) in [5.41, 5.74) is 4.17. The number of fused-ring (bicyclic) bond motifs is 2. The second kappa shape index (κ2) is 5.76. The second-order valence-corrected chi connectivity index (χ2v) is 6.04. The number of H-pyrrole nitrogens is 1. The molecule has 5 heteroatoms. The Morgan fingerprint density at radius 1 is 1.21 bits per heavy atom. The highest BCUT2D eigenvalue weighted by atomic mass is 19.1. The number of likely N-dealkylation sites (N-methyl/N-ethyl adjacent to an activating group) is 1. The van der Waals surface area contributed by atoms with E-state index in [-0.39, 0.29) is 5.43 Å². The normalized spacial score (nSPS) is 14.5. The van der Waals surface area contributed by atoms with E-state index >= 15 is 0 Å². The number of aromatic amines is 1. The number of nitrogens with zero attached hydrogens (tertiary/aromatic N) is 1. The fourth-order valence-electron chi connectivity index (χ4n) is 3.22. The lowest BCUT2D eigenvalue weighted by molar-refractivity contribution is 0.133. The van der Waals surface area contributed by atoms with Gasteiger partial charge in [0.2, 0.25) is 0 Å². The molecular weight excluding hydrogens is 307 g/mol. The van der Waals surface area contributed by atoms with E-state index in [0.717, 1.165) is 23.4 Å². The van der Waals surface area contributed by atoms with Crippen molar-refractivity contribution in [2.24, 2.45) is 0 Å². The Kier molecular flexibility index (Phi) is 3.58. The van der Waals surface area contributed by atoms with Crippen molar-refractivity contribution < 1.29 is 9.13 Å². The Hall–Kier alpha value is -2.66. The summed E-state index contributed by atoms with van der Waals surface area (Å²) in [5.74, 6) is -0.419. The van der Waals surface area contributed by atoms with Gasteiger partial charge in [0.1, 0.15) is 5.82 Å². The highest BCUT2D eigenvalue weighted by Gasteiger charge is 2.15. The number of hydrogen-bond donors (Lipinski definition) is 1. The van der Waals surface area contributed by atoms with Gasteiger partial charge in [-0.1, -0.05) is 6.07 Å². The average molecular weight is 324 g/mol. The number of rotatable bonds is 1. The molecule has 4 nitrogen and oxygen atoms in total. The topological polar surface area (TPSA) is 45.3 Å². The monoisotopic (exact) mass is 324 g/mol. The predicted molar refractivity (Wildman–Crippen MR) is 92.9 cm³/mol. The summed E-state index contributed by atoms with van der Waals surface area (Å²) in [6.07, 6.45) is 1.59. The molecular formula is C19H17FN2O2. The third kappa shape index (κ3) is 2.47. The summed E-state index contributed by atoms with van der Waals surface area (Å²) < 4.78 is 19.7. The van der Waals surface area contributed by atoms with Crippen LogP contribution in [0.2, 0.25) is 0 Å². The molecule has 0 spiro atoms. The number of hydrogen-bond acceptors (Lipinski definition) is 3. The van der Waals surface area contributed by atoms with Gasteiger partial charge in [0.15, 0.2) is 5.43 Å². The van der Waals surface area contributed by atoms with Gasteiger partial charge in [0.05, 0.1) is 18.7 Å². The van der Waals surface area contributed by atoms with Crippen LogP contribution in [0.3, 0.4) is 0 Å². The molecule has 4 rings (SSSR count). The second-order valence-electron chi connectivity index (χ2n) is 6.04. The Labute approximate surface area is 138 Å². The molecule has 0 fully saturated rings. The molecule has 1 N–H and O–H groups in total. The zero-order valence-electron chi connectivity index (χ0n) is 13.3. The minimum Gasteiger partial charge on any atom is -0.375 e. The minimum atomic E-state index is -0.419. The van der Waals surface area contributed by atoms with Crippen LogP contribution in [0, 0.1) is 5.82 Å². The molecule has 24 heavy (non-hydrogen) atoms. The summed E-state index contributed by atoms with van der Waals surface area (Å²) >= 11 is 0. The molecule has 3 aromatic rings. The number of aromatic nitrogens is 1. The molecule has 2 aromatic carbocycles. The first-order chi connectivity index (χ1) is 11.6. The summed E-state index contributed by atoms with van der Waals surface area (Å²) in [6.45, 7) is 2.04. The summed E-state index contributed by atoms with van der Waals surface area (Å²) in [5, 5.41) is 0.357. The summed E-state index contributed by atoms with van der Waals surface area (Å²) in [6, 6.07) is 10.1. The largest absolute Gasteiger partial charge is 0.375 e. The number of pyridine rings is 1. The molecule has 0 bridgehead atoms. The maximum atomic E-state index is 14.0. The first kappa shape index (κ1) is 14.9. The van der Waals surface area contributed by atoms with Crippen molar-refractivity contribution in [3.05, 3.63) is 64.2 Å². The van der Waals surface area contributed by atoms with Crippen molar-refractivity contribution >= 4 is 16.6 Å². The molecule has 2 heterocycles. The van der Waals surface area contributed by atoms with E-state index in [0.29, 0.717) is 29.7 Å². The molecule has 1 aliphatic heterocycles. The molecule has 122 valence electrons. The van der Waals surface area contributed by atoms with Crippen LogP contribution < -0.4 is 10.3 Å². The van der Waals surface area contributed by atoms with Gasteiger partial charge >= 0.3 is 0 Å². The van der Waals surface area contributed by atoms with E-state index in [1.807, 2.05) is 25.2 Å². The first-order valence-corrected chi connectivity index (χ1v) is 7.86. The Bertz CT molecular complexity index is 981. The number of nitrogens with one attached hydrogen (secondary N) is 1. The van der Waals surface area contributed by atoms with Crippen LogP contribution in [0.25, 0.3) is 22.0 Å². The van der Waals surface area contributed by atoms with Crippen molar-refractivity contribution in [3.8, 4) is 11.1 Å². The lowest BCUT2D eigenvalue weighted by Crippen LogP contribution is -2.20. The number of anilines is 1. The highest BCUT2D eigenvalue weighted by molar-refractivity contribution is 5.93. The van der Waals surface area contributed by atoms with Crippen LogP contribution in [0.5, 0.6) is 0 Å². The molecule has 0 saturated carbocycles. The zero-order valence-corrected chi connectivity index (χ0v) is 13.3. The van der Waals surface area contributed by atoms with Gasteiger partial charge in [-0.05, 0) is 29.8 Å². The van der Waals surface area contributed by atoms with Gasteiger partial charge < -0.3 is 14.6 Å². The maximum absolute atomic E-state index is 14.0. The minimum absolute atomic E-state index is 0.192. The van der Waals surface area contributed by atoms with Crippen LogP contribution in [-0.4, -0.2) is 25.2 Å². The molecule has 0 saturated heterocycles. The third-order valence-electron chi connectivity index (χ3n) is 4.46. The summed E-state index contributed by atoms with van der Waals surface area (Å²) in [4.78, 5) is 17.3. The molecule has 0 amide bonds. The van der Waals surface area contributed by atoms with Crippen molar-refractivity contribution in [2.45, 2.75) is 6.61 Å². The molecule has 0 radical (unpaired) electrons. The number of benzene rings is 2. The van der Waals surface area contributed by atoms with Crippen molar-refractivity contribution in [1.82, 2.24) is 4.98 Å². The van der Waals surface area contributed by atoms with Gasteiger partial charge in [-0.3, -0.25) is 4.79 Å². The van der Waals surface area contributed by atoms with Crippen LogP contribution >= 0.6 is 0 Å². The Morgan fingerprint density at radius 3 is 2.96 bits per heavy atom. The van der Waals surface area contributed by atoms with Crippen molar-refractivity contribution in [3.63, 3.8) is 0 Å². The number of halogens is 1. The van der Waals surface area contributed by atoms with Gasteiger partial charge in [0, 0.05) is 48.1 Å². The van der Waals surface area contributed by atoms with Crippen LogP contribution in [0.4, 0.5) is 10.1 Å². The number of ether oxygens (including phenoxy) is 1. The van der Waals surface area contributed by atoms with Gasteiger partial charge in [-0.15, -0.1) is 0 Å². The molecule has 1 aliphatic rings. The van der Waals surface area contributed by atoms with E-state index in [1.54, 1.807) is 6.20 Å². The quantitative estimate of drug-likeness (QED) is 0.747. The molecule has 0 atom stereocenters. The van der Waals surface area contributed by atoms with Crippen molar-refractivity contribution in [2.75, 3.05) is 25.1 Å². The lowest BCUT2D eigenvalue weighted by Gasteiger charge is -2.19. The van der Waals surface area contributed by atoms with E-state index in [9.17, 15) is 9.18 Å². The van der Waals surface area contributed by atoms with Gasteiger partial charge in [-0.2, -0.15) is 0 Å². The van der Waals surface area contributed by atoms with Gasteiger partial charge in [-0.25, -0.2) is 4.39 Å². The van der Waals surface area contributed by atoms with Crippen molar-refractivity contribution in [1.29, 1.82) is 0 Å². The van der Waals surface area contributed by atoms with Crippen LogP contribution in [0.15, 0.2) is 47.4 Å². The van der Waals surface area contributed by atoms with Gasteiger partial charge in [0.25, 0.3) is 0 Å². The maximum Gasteiger partial charge on any atom is 0.189 e. The molecule has 0 unspecified atom stereocenters. The SMILES string of the molecule is CN1CCOCc2cc(-c3cc(F)cc4c(=O)cc[nH]c34)ccc21. The fourth-order valence-corrected chi connectivity index (χ4v) is 3.22. The Balaban J connectivity index is 1.94. The first-order valence-electron chi connectivity index (χ1n) is 7.86. The lowest BCUT2D eigenvalue weighted by atomic mass is 9.98. The van der Waals surface area contributed by atoms with Crippen LogP contribution in [0.1, 0.15) is 5.56 Å². The van der Waals surface area contributed by atoms with Crippen LogP contribution in [-0.2, 0) is 11.3 Å². The molecule has 1 aromatic heterocycles. The van der Waals surface area contributed by atoms with E-state index < -0.39 is 5.82 Å². The fraction of sp³-hybridized carbons (Fsp3) is 0.211. The smallest absolute Gasteiger partial charge is 0.189 e. The van der Waals surface area contributed by atoms with E-state index in [2.05, 4.69) is 9.88 Å². The highest BCUT2D eigenvalue weighted by Crippen LogP contribution is 2.32. The van der Waals surface area contributed by atoms with E-state index in [1.165, 1.54) is 18.2 Å². The zero-order chi connectivity index (χ0) is 16.7. The standard InChI is InChI=1S/C19H17FN2O2/c1-22-6-7-24-11-13-8-12(2-3-17(13)22)15-9-14(20)10-16-18(23)4-5-21-19(15)16/h2-5,8-10H,6-7,11H2,1H3,(H,21,23). The predicted octanol–water partition coefficient (Wildman–Crippen LogP) is 3.30. The van der Waals surface area contributed by atoms with E-state index in [4.69, 9.17) is 4.74 Å². The Morgan fingerprint density at radius 2 is 2.08 bits per heavy atom. The summed E-state index contributed by atoms with van der Waals surface area (Å²) in [7, 11) is 2.03. The average Bonchev–Trinajstić information content (AvgIpc) is 2.76.